The lowest BCUT2D eigenvalue weighted by Gasteiger charge is -2.15. The summed E-state index contributed by atoms with van der Waals surface area (Å²) < 4.78 is 0. The van der Waals surface area contributed by atoms with Crippen molar-refractivity contribution in [3.63, 3.8) is 0 Å². The Hall–Kier alpha value is -0.840. The number of nitrogens with one attached hydrogen (secondary N) is 1. The van der Waals surface area contributed by atoms with Gasteiger partial charge in [0.2, 0.25) is 0 Å². The molecule has 0 aromatic rings. The van der Waals surface area contributed by atoms with Crippen molar-refractivity contribution >= 4 is 23.2 Å². The van der Waals surface area contributed by atoms with Crippen molar-refractivity contribution in [1.82, 2.24) is 10.2 Å². The van der Waals surface area contributed by atoms with Gasteiger partial charge in [-0.3, -0.25) is 0 Å². The van der Waals surface area contributed by atoms with E-state index in [1.807, 2.05) is 6.92 Å². The number of hydrogen-bond donors (Lipinski definition) is 2. The quantitative estimate of drug-likeness (QED) is 0.517. The number of nitrogens with two attached hydrogens (primary N) is 1. The first kappa shape index (κ1) is 13.2. The van der Waals surface area contributed by atoms with Gasteiger partial charge in [0, 0.05) is 20.1 Å². The van der Waals surface area contributed by atoms with E-state index in [0.29, 0.717) is 11.5 Å². The molecule has 82 valence electrons. The lowest BCUT2D eigenvalue weighted by atomic mass is 10.2. The predicted octanol–water partition coefficient (Wildman–Crippen LogP) is 1.10. The highest BCUT2D eigenvalue weighted by Crippen LogP contribution is 1.94. The highest BCUT2D eigenvalue weighted by molar-refractivity contribution is 7.80. The molecular formula is C9H19N3OS. The van der Waals surface area contributed by atoms with E-state index in [2.05, 4.69) is 5.32 Å². The fourth-order valence-electron chi connectivity index (χ4n) is 0.898. The number of nitrogens with zero attached hydrogens (tertiary/aromatic N) is 1. The monoisotopic (exact) mass is 217 g/mol. The number of amides is 2. The molecule has 4 nitrogen and oxygen atoms in total. The van der Waals surface area contributed by atoms with Gasteiger partial charge in [-0.05, 0) is 26.2 Å². The van der Waals surface area contributed by atoms with Crippen molar-refractivity contribution in [3.05, 3.63) is 0 Å². The Morgan fingerprint density at radius 2 is 2.14 bits per heavy atom. The predicted molar refractivity (Wildman–Crippen MR) is 62.3 cm³/mol. The molecule has 2 amide bonds. The Morgan fingerprint density at radius 3 is 2.64 bits per heavy atom. The lowest BCUT2D eigenvalue weighted by Crippen LogP contribution is -2.37. The van der Waals surface area contributed by atoms with Crippen LogP contribution in [0.3, 0.4) is 0 Å². The van der Waals surface area contributed by atoms with Crippen LogP contribution in [-0.4, -0.2) is 36.1 Å². The summed E-state index contributed by atoms with van der Waals surface area (Å²) in [5.74, 6) is 0. The molecule has 3 N–H and O–H groups in total. The number of hydrogen-bond acceptors (Lipinski definition) is 2. The van der Waals surface area contributed by atoms with E-state index in [1.54, 1.807) is 11.9 Å². The first-order valence-corrected chi connectivity index (χ1v) is 5.26. The van der Waals surface area contributed by atoms with Crippen LogP contribution in [0.1, 0.15) is 26.2 Å². The van der Waals surface area contributed by atoms with Crippen molar-refractivity contribution < 1.29 is 4.79 Å². The summed E-state index contributed by atoms with van der Waals surface area (Å²) in [5.41, 5.74) is 5.34. The maximum absolute atomic E-state index is 11.2. The zero-order valence-corrected chi connectivity index (χ0v) is 9.69. The molecule has 0 heterocycles. The summed E-state index contributed by atoms with van der Waals surface area (Å²) in [4.78, 5) is 13.4. The number of carbonyl (C=O) groups excluding carboxylic acids is 1. The van der Waals surface area contributed by atoms with Gasteiger partial charge in [0.25, 0.3) is 0 Å². The summed E-state index contributed by atoms with van der Waals surface area (Å²) in [6, 6.07) is -0.0252. The Bertz CT molecular complexity index is 196. The fourth-order valence-corrected chi connectivity index (χ4v) is 1.04. The molecule has 0 aliphatic rings. The van der Waals surface area contributed by atoms with E-state index in [0.717, 1.165) is 25.8 Å². The molecule has 0 spiro atoms. The third-order valence-electron chi connectivity index (χ3n) is 1.95. The largest absolute Gasteiger partial charge is 0.393 e. The minimum Gasteiger partial charge on any atom is -0.393 e. The van der Waals surface area contributed by atoms with Crippen LogP contribution in [0.25, 0.3) is 0 Å². The van der Waals surface area contributed by atoms with Crippen LogP contribution in [0.4, 0.5) is 4.79 Å². The summed E-state index contributed by atoms with van der Waals surface area (Å²) in [6.45, 7) is 3.34. The van der Waals surface area contributed by atoms with Gasteiger partial charge in [-0.15, -0.1) is 0 Å². The maximum atomic E-state index is 11.2. The van der Waals surface area contributed by atoms with Crippen molar-refractivity contribution in [2.24, 2.45) is 5.73 Å². The Morgan fingerprint density at radius 1 is 1.50 bits per heavy atom. The van der Waals surface area contributed by atoms with E-state index in [9.17, 15) is 4.79 Å². The molecule has 0 radical (unpaired) electrons. The van der Waals surface area contributed by atoms with Gasteiger partial charge in [0.1, 0.15) is 0 Å². The first-order chi connectivity index (χ1) is 6.57. The summed E-state index contributed by atoms with van der Waals surface area (Å²) in [5, 5.41) is 2.81. The second-order valence-electron chi connectivity index (χ2n) is 3.17. The second-order valence-corrected chi connectivity index (χ2v) is 3.69. The molecule has 0 saturated carbocycles. The normalized spacial score (nSPS) is 9.57. The average molecular weight is 217 g/mol. The van der Waals surface area contributed by atoms with Gasteiger partial charge in [-0.25, -0.2) is 4.79 Å². The number of carbonyl (C=O) groups is 1. The smallest absolute Gasteiger partial charge is 0.317 e. The molecule has 0 atom stereocenters. The molecule has 0 aliphatic heterocycles. The van der Waals surface area contributed by atoms with E-state index >= 15 is 0 Å². The van der Waals surface area contributed by atoms with Crippen molar-refractivity contribution in [2.75, 3.05) is 20.1 Å². The van der Waals surface area contributed by atoms with Crippen LogP contribution >= 0.6 is 12.2 Å². The minimum absolute atomic E-state index is 0.0252. The van der Waals surface area contributed by atoms with Crippen LogP contribution in [-0.2, 0) is 0 Å². The van der Waals surface area contributed by atoms with E-state index in [-0.39, 0.29) is 6.03 Å². The van der Waals surface area contributed by atoms with E-state index < -0.39 is 0 Å². The third kappa shape index (κ3) is 6.65. The molecule has 0 saturated heterocycles. The average Bonchev–Trinajstić information content (AvgIpc) is 2.15. The zero-order chi connectivity index (χ0) is 11.0. The highest BCUT2D eigenvalue weighted by atomic mass is 32.1. The van der Waals surface area contributed by atoms with Crippen molar-refractivity contribution in [3.8, 4) is 0 Å². The molecule has 0 unspecified atom stereocenters. The summed E-state index contributed by atoms with van der Waals surface area (Å²) >= 11 is 4.74. The van der Waals surface area contributed by atoms with E-state index in [1.165, 1.54) is 0 Å². The molecule has 14 heavy (non-hydrogen) atoms. The molecular weight excluding hydrogens is 198 g/mol. The Labute approximate surface area is 90.8 Å². The van der Waals surface area contributed by atoms with Gasteiger partial charge in [-0.1, -0.05) is 12.2 Å². The van der Waals surface area contributed by atoms with Crippen LogP contribution in [0.15, 0.2) is 0 Å². The number of unbranched alkanes of at least 4 members (excludes halogenated alkanes) is 1. The van der Waals surface area contributed by atoms with Gasteiger partial charge in [0.05, 0.1) is 4.99 Å². The molecule has 0 aromatic heterocycles. The third-order valence-corrected chi connectivity index (χ3v) is 2.15. The molecule has 0 aromatic carbocycles. The SMILES string of the molecule is CCN(C)C(=O)NCCCCC(N)=S. The van der Waals surface area contributed by atoms with Gasteiger partial charge < -0.3 is 16.0 Å². The minimum atomic E-state index is -0.0252. The topological polar surface area (TPSA) is 58.4 Å². The highest BCUT2D eigenvalue weighted by Gasteiger charge is 2.03. The first-order valence-electron chi connectivity index (χ1n) is 4.85. The van der Waals surface area contributed by atoms with Gasteiger partial charge in [0.15, 0.2) is 0 Å². The Balaban J connectivity index is 3.36. The summed E-state index contributed by atoms with van der Waals surface area (Å²) in [6.07, 6.45) is 2.61. The zero-order valence-electron chi connectivity index (χ0n) is 8.88. The van der Waals surface area contributed by atoms with Crippen LogP contribution in [0.5, 0.6) is 0 Å². The molecule has 0 fully saturated rings. The van der Waals surface area contributed by atoms with E-state index in [4.69, 9.17) is 18.0 Å². The maximum Gasteiger partial charge on any atom is 0.317 e. The lowest BCUT2D eigenvalue weighted by molar-refractivity contribution is 0.211. The van der Waals surface area contributed by atoms with Crippen LogP contribution in [0, 0.1) is 0 Å². The molecule has 0 rings (SSSR count). The van der Waals surface area contributed by atoms with Gasteiger partial charge >= 0.3 is 6.03 Å². The second kappa shape index (κ2) is 7.55. The van der Waals surface area contributed by atoms with Crippen LogP contribution < -0.4 is 11.1 Å². The summed E-state index contributed by atoms with van der Waals surface area (Å²) in [7, 11) is 1.77. The number of thiocarbonyl (C=S) groups is 1. The molecule has 5 heteroatoms. The molecule has 0 bridgehead atoms. The van der Waals surface area contributed by atoms with Crippen molar-refractivity contribution in [2.45, 2.75) is 26.2 Å². The number of urea groups is 1. The van der Waals surface area contributed by atoms with Gasteiger partial charge in [-0.2, -0.15) is 0 Å². The fraction of sp³-hybridized carbons (Fsp3) is 0.778. The van der Waals surface area contributed by atoms with Crippen molar-refractivity contribution in [1.29, 1.82) is 0 Å². The molecule has 0 aliphatic carbocycles. The Kier molecular flexibility index (Phi) is 7.10. The van der Waals surface area contributed by atoms with Crippen LogP contribution in [0.2, 0.25) is 0 Å². The standard InChI is InChI=1S/C9H19N3OS/c1-3-12(2)9(13)11-7-5-4-6-8(10)14/h3-7H2,1-2H3,(H2,10,14)(H,11,13). The number of rotatable bonds is 6.